The van der Waals surface area contributed by atoms with Crippen LogP contribution in [0.15, 0.2) is 170 Å². The molecule has 244 valence electrons. The van der Waals surface area contributed by atoms with E-state index in [1.54, 1.807) is 12.1 Å². The van der Waals surface area contributed by atoms with Crippen LogP contribution < -0.4 is 0 Å². The van der Waals surface area contributed by atoms with E-state index >= 15 is 0 Å². The molecule has 0 saturated heterocycles. The average Bonchev–Trinajstić information content (AvgIpc) is 3.16. The fourth-order valence-electron chi connectivity index (χ4n) is 7.85. The normalized spacial score (nSPS) is 11.9. The summed E-state index contributed by atoms with van der Waals surface area (Å²) in [5.74, 6) is 0. The zero-order chi connectivity index (χ0) is 34.7. The number of rotatable bonds is 4. The Bertz CT molecular complexity index is 2640. The highest BCUT2D eigenvalue weighted by molar-refractivity contribution is 6.23. The number of hydrogen-bond donors (Lipinski definition) is 0. The smallest absolute Gasteiger partial charge is 0.166 e. The van der Waals surface area contributed by atoms with Gasteiger partial charge in [-0.25, -0.2) is 0 Å². The zero-order valence-corrected chi connectivity index (χ0v) is 27.8. The highest BCUT2D eigenvalue weighted by Gasteiger charge is 2.30. The predicted octanol–water partition coefficient (Wildman–Crippen LogP) is 14.3. The Morgan fingerprint density at radius 3 is 0.745 bits per heavy atom. The molecule has 51 heavy (non-hydrogen) atoms. The van der Waals surface area contributed by atoms with E-state index in [1.165, 1.54) is 55.9 Å². The lowest BCUT2D eigenvalue weighted by molar-refractivity contribution is -0.137. The molecule has 0 aliphatic heterocycles. The van der Waals surface area contributed by atoms with Crippen LogP contribution in [0.4, 0.5) is 13.2 Å². The SMILES string of the molecule is Cc1ccc(-c2c3ccccc3c(-c3ccc(-c4c5ccccc5c(-c5ccc(C(F)(F)F)cc5)c5ccccc45)cc3)c3ccccc23)cc1. The van der Waals surface area contributed by atoms with Gasteiger partial charge in [-0.05, 0) is 107 Å². The molecule has 0 aliphatic carbocycles. The molecule has 0 atom stereocenters. The first-order valence-corrected chi connectivity index (χ1v) is 17.1. The summed E-state index contributed by atoms with van der Waals surface area (Å²) in [4.78, 5) is 0. The molecule has 3 heteroatoms. The van der Waals surface area contributed by atoms with Crippen LogP contribution in [0.1, 0.15) is 11.1 Å². The number of fused-ring (bicyclic) bond motifs is 4. The van der Waals surface area contributed by atoms with Crippen LogP contribution >= 0.6 is 0 Å². The number of hydrogen-bond acceptors (Lipinski definition) is 0. The molecule has 0 N–H and O–H groups in total. The Morgan fingerprint density at radius 1 is 0.294 bits per heavy atom. The van der Waals surface area contributed by atoms with E-state index < -0.39 is 11.7 Å². The summed E-state index contributed by atoms with van der Waals surface area (Å²) < 4.78 is 40.4. The van der Waals surface area contributed by atoms with Crippen molar-refractivity contribution in [3.05, 3.63) is 181 Å². The Labute approximate surface area is 294 Å². The number of halogens is 3. The number of alkyl halides is 3. The molecule has 0 bridgehead atoms. The Hall–Kier alpha value is -6.19. The second kappa shape index (κ2) is 12.0. The Balaban J connectivity index is 1.24. The van der Waals surface area contributed by atoms with Gasteiger partial charge in [-0.15, -0.1) is 0 Å². The lowest BCUT2D eigenvalue weighted by atomic mass is 9.84. The molecular weight excluding hydrogens is 634 g/mol. The molecule has 0 unspecified atom stereocenters. The molecular formula is C48H31F3. The van der Waals surface area contributed by atoms with E-state index in [-0.39, 0.29) is 0 Å². The summed E-state index contributed by atoms with van der Waals surface area (Å²) >= 11 is 0. The standard InChI is InChI=1S/C48H31F3/c1-30-18-20-31(21-19-30)44-36-10-2-4-12-38(36)45(39-13-5-3-11-37(39)44)32-22-24-33(25-23-32)46-40-14-6-8-16-42(40)47(43-17-9-7-15-41(43)46)34-26-28-35(29-27-34)48(49,50)51/h2-29H,1H3. The fraction of sp³-hybridized carbons (Fsp3) is 0.0417. The first kappa shape index (κ1) is 30.8. The molecule has 0 nitrogen and oxygen atoms in total. The molecule has 0 aromatic heterocycles. The second-order valence-corrected chi connectivity index (χ2v) is 13.2. The summed E-state index contributed by atoms with van der Waals surface area (Å²) in [5.41, 5.74) is 9.24. The minimum Gasteiger partial charge on any atom is -0.166 e. The van der Waals surface area contributed by atoms with Gasteiger partial charge in [-0.1, -0.05) is 163 Å². The van der Waals surface area contributed by atoms with Gasteiger partial charge in [0.05, 0.1) is 5.56 Å². The first-order chi connectivity index (χ1) is 24.9. The number of aryl methyl sites for hydroxylation is 1. The van der Waals surface area contributed by atoms with Crippen LogP contribution in [0.5, 0.6) is 0 Å². The summed E-state index contributed by atoms with van der Waals surface area (Å²) in [6.07, 6.45) is -4.39. The van der Waals surface area contributed by atoms with Crippen LogP contribution in [-0.2, 0) is 6.18 Å². The predicted molar refractivity (Wildman–Crippen MR) is 208 cm³/mol. The van der Waals surface area contributed by atoms with Crippen molar-refractivity contribution in [3.8, 4) is 44.5 Å². The topological polar surface area (TPSA) is 0 Å². The average molecular weight is 665 g/mol. The van der Waals surface area contributed by atoms with Crippen LogP contribution in [0.25, 0.3) is 87.6 Å². The third-order valence-corrected chi connectivity index (χ3v) is 10.2. The van der Waals surface area contributed by atoms with Crippen molar-refractivity contribution in [3.63, 3.8) is 0 Å². The largest absolute Gasteiger partial charge is 0.416 e. The van der Waals surface area contributed by atoms with Crippen molar-refractivity contribution in [1.82, 2.24) is 0 Å². The molecule has 9 rings (SSSR count). The van der Waals surface area contributed by atoms with E-state index in [9.17, 15) is 13.2 Å². The van der Waals surface area contributed by atoms with Crippen LogP contribution in [0.2, 0.25) is 0 Å². The van der Waals surface area contributed by atoms with Crippen molar-refractivity contribution in [1.29, 1.82) is 0 Å². The first-order valence-electron chi connectivity index (χ1n) is 17.1. The van der Waals surface area contributed by atoms with Gasteiger partial charge in [-0.3, -0.25) is 0 Å². The van der Waals surface area contributed by atoms with Crippen molar-refractivity contribution in [2.75, 3.05) is 0 Å². The van der Waals surface area contributed by atoms with Gasteiger partial charge < -0.3 is 0 Å². The van der Waals surface area contributed by atoms with Crippen molar-refractivity contribution in [2.45, 2.75) is 13.1 Å². The molecule has 0 heterocycles. The molecule has 0 saturated carbocycles. The molecule has 0 spiro atoms. The third kappa shape index (κ3) is 5.16. The maximum atomic E-state index is 13.5. The third-order valence-electron chi connectivity index (χ3n) is 10.2. The highest BCUT2D eigenvalue weighted by atomic mass is 19.4. The maximum absolute atomic E-state index is 13.5. The van der Waals surface area contributed by atoms with E-state index in [0.29, 0.717) is 0 Å². The molecule has 9 aromatic carbocycles. The molecule has 0 aliphatic rings. The van der Waals surface area contributed by atoms with E-state index in [1.807, 2.05) is 24.3 Å². The molecule has 0 radical (unpaired) electrons. The van der Waals surface area contributed by atoms with Gasteiger partial charge in [0.2, 0.25) is 0 Å². The maximum Gasteiger partial charge on any atom is 0.416 e. The zero-order valence-electron chi connectivity index (χ0n) is 27.8. The summed E-state index contributed by atoms with van der Waals surface area (Å²) in [5, 5.41) is 8.95. The van der Waals surface area contributed by atoms with Crippen LogP contribution in [-0.4, -0.2) is 0 Å². The summed E-state index contributed by atoms with van der Waals surface area (Å²) in [7, 11) is 0. The van der Waals surface area contributed by atoms with E-state index in [2.05, 4.69) is 128 Å². The quantitative estimate of drug-likeness (QED) is 0.164. The fourth-order valence-corrected chi connectivity index (χ4v) is 7.85. The van der Waals surface area contributed by atoms with Gasteiger partial charge in [-0.2, -0.15) is 13.2 Å². The van der Waals surface area contributed by atoms with Crippen LogP contribution in [0.3, 0.4) is 0 Å². The van der Waals surface area contributed by atoms with E-state index in [4.69, 9.17) is 0 Å². The lowest BCUT2D eigenvalue weighted by Crippen LogP contribution is -2.04. The summed E-state index contributed by atoms with van der Waals surface area (Å²) in [6.45, 7) is 2.12. The Morgan fingerprint density at radius 2 is 0.510 bits per heavy atom. The van der Waals surface area contributed by atoms with Crippen LogP contribution in [0, 0.1) is 6.92 Å². The Kier molecular flexibility index (Phi) is 7.25. The van der Waals surface area contributed by atoms with E-state index in [0.717, 1.165) is 49.4 Å². The lowest BCUT2D eigenvalue weighted by Gasteiger charge is -2.19. The van der Waals surface area contributed by atoms with Gasteiger partial charge in [0.1, 0.15) is 0 Å². The van der Waals surface area contributed by atoms with Crippen molar-refractivity contribution >= 4 is 43.1 Å². The minimum atomic E-state index is -4.39. The van der Waals surface area contributed by atoms with Gasteiger partial charge in [0.15, 0.2) is 0 Å². The van der Waals surface area contributed by atoms with Crippen molar-refractivity contribution in [2.24, 2.45) is 0 Å². The van der Waals surface area contributed by atoms with Crippen molar-refractivity contribution < 1.29 is 13.2 Å². The van der Waals surface area contributed by atoms with Gasteiger partial charge >= 0.3 is 6.18 Å². The number of benzene rings is 9. The molecule has 0 amide bonds. The monoisotopic (exact) mass is 664 g/mol. The molecule has 9 aromatic rings. The van der Waals surface area contributed by atoms with Gasteiger partial charge in [0, 0.05) is 0 Å². The second-order valence-electron chi connectivity index (χ2n) is 13.2. The highest BCUT2D eigenvalue weighted by Crippen LogP contribution is 2.46. The molecule has 0 fully saturated rings. The summed E-state index contributed by atoms with van der Waals surface area (Å²) in [6, 6.07) is 57.0. The minimum absolute atomic E-state index is 0.651. The van der Waals surface area contributed by atoms with Gasteiger partial charge in [0.25, 0.3) is 0 Å².